The monoisotopic (exact) mass is 287 g/mol. The Bertz CT molecular complexity index is 592. The molecule has 5 heteroatoms. The summed E-state index contributed by atoms with van der Waals surface area (Å²) in [6.45, 7) is 6.44. The van der Waals surface area contributed by atoms with E-state index in [0.717, 1.165) is 23.0 Å². The largest absolute Gasteiger partial charge is 0.302 e. The molecular weight excluding hydrogens is 270 g/mol. The number of aromatic nitrogens is 3. The highest BCUT2D eigenvalue weighted by Crippen LogP contribution is 2.19. The van der Waals surface area contributed by atoms with Crippen molar-refractivity contribution in [3.8, 4) is 0 Å². The number of allylic oxidation sites excluding steroid dienone is 1. The molecule has 1 aromatic heterocycles. The Balaban J connectivity index is 2.06. The van der Waals surface area contributed by atoms with Crippen molar-refractivity contribution in [1.29, 1.82) is 0 Å². The number of benzene rings is 1. The topological polar surface area (TPSA) is 47.8 Å². The second-order valence-corrected chi connectivity index (χ2v) is 5.17. The van der Waals surface area contributed by atoms with Gasteiger partial charge in [-0.15, -0.1) is 16.8 Å². The molecule has 1 heterocycles. The molecule has 0 bridgehead atoms. The maximum absolute atomic E-state index is 12.1. The fourth-order valence-corrected chi connectivity index (χ4v) is 2.70. The van der Waals surface area contributed by atoms with E-state index in [1.165, 1.54) is 11.8 Å². The van der Waals surface area contributed by atoms with Crippen LogP contribution >= 0.6 is 11.8 Å². The third-order valence-corrected chi connectivity index (χ3v) is 3.82. The molecule has 2 aromatic rings. The summed E-state index contributed by atoms with van der Waals surface area (Å²) in [5.74, 6) is 1.38. The van der Waals surface area contributed by atoms with Gasteiger partial charge in [-0.05, 0) is 0 Å². The highest BCUT2D eigenvalue weighted by Gasteiger charge is 2.12. The van der Waals surface area contributed by atoms with E-state index in [1.54, 1.807) is 0 Å². The van der Waals surface area contributed by atoms with Crippen LogP contribution in [0.4, 0.5) is 0 Å². The van der Waals surface area contributed by atoms with Crippen LogP contribution in [0.5, 0.6) is 0 Å². The fourth-order valence-electron chi connectivity index (χ4n) is 1.84. The maximum Gasteiger partial charge on any atom is 0.191 e. The van der Waals surface area contributed by atoms with Crippen LogP contribution in [0, 0.1) is 0 Å². The van der Waals surface area contributed by atoms with Crippen molar-refractivity contribution in [3.05, 3.63) is 54.4 Å². The van der Waals surface area contributed by atoms with Crippen molar-refractivity contribution in [2.24, 2.45) is 0 Å². The van der Waals surface area contributed by atoms with Crippen LogP contribution in [0.1, 0.15) is 23.1 Å². The van der Waals surface area contributed by atoms with Crippen molar-refractivity contribution < 1.29 is 4.79 Å². The number of ketones is 1. The summed E-state index contributed by atoms with van der Waals surface area (Å²) in [6.07, 6.45) is 2.62. The highest BCUT2D eigenvalue weighted by molar-refractivity contribution is 7.99. The Morgan fingerprint density at radius 2 is 2.10 bits per heavy atom. The summed E-state index contributed by atoms with van der Waals surface area (Å²) < 4.78 is 2.00. The third kappa shape index (κ3) is 3.36. The molecule has 2 rings (SSSR count). The number of hydrogen-bond donors (Lipinski definition) is 0. The van der Waals surface area contributed by atoms with Gasteiger partial charge in [-0.3, -0.25) is 4.79 Å². The third-order valence-electron chi connectivity index (χ3n) is 2.85. The Morgan fingerprint density at radius 3 is 2.75 bits per heavy atom. The van der Waals surface area contributed by atoms with E-state index in [2.05, 4.69) is 16.8 Å². The van der Waals surface area contributed by atoms with Crippen LogP contribution in [0.15, 0.2) is 48.1 Å². The molecule has 0 saturated heterocycles. The molecule has 0 spiro atoms. The number of Topliss-reactive ketones (excluding diaryl/α,β-unsaturated/α-hetero) is 1. The van der Waals surface area contributed by atoms with Crippen molar-refractivity contribution in [2.75, 3.05) is 5.75 Å². The van der Waals surface area contributed by atoms with Crippen LogP contribution in [-0.2, 0) is 13.0 Å². The van der Waals surface area contributed by atoms with Crippen molar-refractivity contribution in [1.82, 2.24) is 14.8 Å². The molecule has 4 nitrogen and oxygen atoms in total. The molecule has 0 N–H and O–H groups in total. The standard InChI is InChI=1S/C15H17N3OS/c1-3-10-18-14(4-2)16-17-15(18)20-11-13(19)12-8-6-5-7-9-12/h3,5-9H,1,4,10-11H2,2H3. The lowest BCUT2D eigenvalue weighted by molar-refractivity contribution is 0.102. The van der Waals surface area contributed by atoms with E-state index in [9.17, 15) is 4.79 Å². The minimum absolute atomic E-state index is 0.0989. The molecule has 104 valence electrons. The minimum atomic E-state index is 0.0989. The summed E-state index contributed by atoms with van der Waals surface area (Å²) in [6, 6.07) is 9.29. The zero-order valence-electron chi connectivity index (χ0n) is 11.5. The lowest BCUT2D eigenvalue weighted by Gasteiger charge is -2.06. The molecule has 0 atom stereocenters. The van der Waals surface area contributed by atoms with Gasteiger partial charge < -0.3 is 4.57 Å². The Labute approximate surface area is 122 Å². The number of hydrogen-bond acceptors (Lipinski definition) is 4. The molecule has 0 aliphatic heterocycles. The van der Waals surface area contributed by atoms with E-state index >= 15 is 0 Å². The first-order valence-electron chi connectivity index (χ1n) is 6.50. The van der Waals surface area contributed by atoms with Gasteiger partial charge in [0.2, 0.25) is 0 Å². The smallest absolute Gasteiger partial charge is 0.191 e. The van der Waals surface area contributed by atoms with Crippen LogP contribution < -0.4 is 0 Å². The normalized spacial score (nSPS) is 10.4. The molecule has 20 heavy (non-hydrogen) atoms. The molecule has 0 radical (unpaired) electrons. The SMILES string of the molecule is C=CCn1c(CC)nnc1SCC(=O)c1ccccc1. The first-order valence-corrected chi connectivity index (χ1v) is 7.48. The molecule has 0 amide bonds. The van der Waals surface area contributed by atoms with Gasteiger partial charge in [0.1, 0.15) is 5.82 Å². The van der Waals surface area contributed by atoms with Crippen molar-refractivity contribution >= 4 is 17.5 Å². The van der Waals surface area contributed by atoms with E-state index in [4.69, 9.17) is 0 Å². The van der Waals surface area contributed by atoms with Gasteiger partial charge in [0.15, 0.2) is 10.9 Å². The van der Waals surface area contributed by atoms with Gasteiger partial charge in [0.05, 0.1) is 5.75 Å². The first-order chi connectivity index (χ1) is 9.76. The molecule has 1 aromatic carbocycles. The quantitative estimate of drug-likeness (QED) is 0.446. The molecule has 0 unspecified atom stereocenters. The van der Waals surface area contributed by atoms with Gasteiger partial charge in [-0.1, -0.05) is 55.1 Å². The second-order valence-electron chi connectivity index (χ2n) is 4.23. The number of aryl methyl sites for hydroxylation is 1. The van der Waals surface area contributed by atoms with E-state index in [-0.39, 0.29) is 5.78 Å². The number of carbonyl (C=O) groups excluding carboxylic acids is 1. The summed E-state index contributed by atoms with van der Waals surface area (Å²) in [4.78, 5) is 12.1. The van der Waals surface area contributed by atoms with Crippen LogP contribution in [-0.4, -0.2) is 26.3 Å². The average molecular weight is 287 g/mol. The highest BCUT2D eigenvalue weighted by atomic mass is 32.2. The van der Waals surface area contributed by atoms with Gasteiger partial charge in [-0.25, -0.2) is 0 Å². The lowest BCUT2D eigenvalue weighted by Crippen LogP contribution is -2.06. The van der Waals surface area contributed by atoms with Crippen LogP contribution in [0.2, 0.25) is 0 Å². The lowest BCUT2D eigenvalue weighted by atomic mass is 10.2. The van der Waals surface area contributed by atoms with Gasteiger partial charge >= 0.3 is 0 Å². The second kappa shape index (κ2) is 7.05. The number of carbonyl (C=O) groups is 1. The summed E-state index contributed by atoms with van der Waals surface area (Å²) in [5, 5.41) is 9.05. The Hall–Kier alpha value is -1.88. The first kappa shape index (κ1) is 14.5. The zero-order chi connectivity index (χ0) is 14.4. The van der Waals surface area contributed by atoms with Gasteiger partial charge in [-0.2, -0.15) is 0 Å². The van der Waals surface area contributed by atoms with Crippen molar-refractivity contribution in [3.63, 3.8) is 0 Å². The molecular formula is C15H17N3OS. The Morgan fingerprint density at radius 1 is 1.35 bits per heavy atom. The zero-order valence-corrected chi connectivity index (χ0v) is 12.3. The molecule has 0 aliphatic carbocycles. The van der Waals surface area contributed by atoms with Crippen LogP contribution in [0.3, 0.4) is 0 Å². The summed E-state index contributed by atoms with van der Waals surface area (Å²) in [7, 11) is 0. The van der Waals surface area contributed by atoms with Crippen molar-refractivity contribution in [2.45, 2.75) is 25.0 Å². The number of rotatable bonds is 7. The van der Waals surface area contributed by atoms with Crippen LogP contribution in [0.25, 0.3) is 0 Å². The van der Waals surface area contributed by atoms with E-state index in [0.29, 0.717) is 12.3 Å². The fraction of sp³-hybridized carbons (Fsp3) is 0.267. The summed E-state index contributed by atoms with van der Waals surface area (Å²) in [5.41, 5.74) is 0.727. The summed E-state index contributed by atoms with van der Waals surface area (Å²) >= 11 is 1.42. The number of thioether (sulfide) groups is 1. The van der Waals surface area contributed by atoms with Gasteiger partial charge in [0.25, 0.3) is 0 Å². The minimum Gasteiger partial charge on any atom is -0.302 e. The number of nitrogens with zero attached hydrogens (tertiary/aromatic N) is 3. The maximum atomic E-state index is 12.1. The van der Waals surface area contributed by atoms with E-state index < -0.39 is 0 Å². The molecule has 0 aliphatic rings. The predicted molar refractivity (Wildman–Crippen MR) is 81.1 cm³/mol. The van der Waals surface area contributed by atoms with Gasteiger partial charge in [0, 0.05) is 18.5 Å². The molecule has 0 saturated carbocycles. The van der Waals surface area contributed by atoms with E-state index in [1.807, 2.05) is 47.9 Å². The molecule has 0 fully saturated rings. The average Bonchev–Trinajstić information content (AvgIpc) is 2.88. The predicted octanol–water partition coefficient (Wildman–Crippen LogP) is 3.00. The Kier molecular flexibility index (Phi) is 5.12.